The second-order valence-electron chi connectivity index (χ2n) is 5.30. The molecule has 2 N–H and O–H groups in total. The zero-order valence-electron chi connectivity index (χ0n) is 13.6. The Kier molecular flexibility index (Phi) is 5.54. The molecule has 2 aromatic rings. The zero-order valence-corrected chi connectivity index (χ0v) is 13.6. The summed E-state index contributed by atoms with van der Waals surface area (Å²) in [5.74, 6) is 2.18. The first-order chi connectivity index (χ1) is 11.5. The van der Waals surface area contributed by atoms with Gasteiger partial charge in [-0.25, -0.2) is 0 Å². The lowest BCUT2D eigenvalue weighted by Gasteiger charge is -2.07. The highest BCUT2D eigenvalue weighted by atomic mass is 16.2. The maximum absolute atomic E-state index is 12.0. The Balaban J connectivity index is 2.03. The third-order valence-electron chi connectivity index (χ3n) is 3.32. The van der Waals surface area contributed by atoms with Crippen LogP contribution in [0.2, 0.25) is 0 Å². The van der Waals surface area contributed by atoms with Crippen LogP contribution in [0, 0.1) is 19.3 Å². The van der Waals surface area contributed by atoms with E-state index in [4.69, 9.17) is 6.42 Å². The lowest BCUT2D eigenvalue weighted by molar-refractivity contribution is -0.114. The number of carbonyl (C=O) groups is 2. The van der Waals surface area contributed by atoms with Crippen molar-refractivity contribution >= 4 is 29.3 Å². The molecule has 0 aliphatic rings. The summed E-state index contributed by atoms with van der Waals surface area (Å²) >= 11 is 0. The molecule has 2 rings (SSSR count). The van der Waals surface area contributed by atoms with E-state index >= 15 is 0 Å². The highest BCUT2D eigenvalue weighted by molar-refractivity contribution is 6.02. The molecule has 0 aromatic heterocycles. The molecule has 0 aliphatic carbocycles. The van der Waals surface area contributed by atoms with Gasteiger partial charge in [-0.2, -0.15) is 0 Å². The summed E-state index contributed by atoms with van der Waals surface area (Å²) in [4.78, 5) is 23.0. The number of amides is 2. The van der Waals surface area contributed by atoms with Crippen molar-refractivity contribution in [2.75, 3.05) is 10.6 Å². The van der Waals surface area contributed by atoms with Gasteiger partial charge in [0.15, 0.2) is 0 Å². The van der Waals surface area contributed by atoms with E-state index in [1.807, 2.05) is 31.2 Å². The third-order valence-corrected chi connectivity index (χ3v) is 3.32. The molecule has 120 valence electrons. The molecule has 0 bridgehead atoms. The molecule has 0 saturated carbocycles. The van der Waals surface area contributed by atoms with E-state index in [1.54, 1.807) is 24.3 Å². The SMILES string of the molecule is C#Cc1ccc(C)c(NC(=O)C=Cc2ccc(NC(C)=O)cc2)c1. The van der Waals surface area contributed by atoms with E-state index in [2.05, 4.69) is 16.6 Å². The van der Waals surface area contributed by atoms with Gasteiger partial charge in [0.1, 0.15) is 0 Å². The molecule has 4 nitrogen and oxygen atoms in total. The normalized spacial score (nSPS) is 10.2. The van der Waals surface area contributed by atoms with Crippen LogP contribution >= 0.6 is 0 Å². The number of carbonyl (C=O) groups excluding carboxylic acids is 2. The standard InChI is InChI=1S/C20H18N2O2/c1-4-16-6-5-14(2)19(13-16)22-20(24)12-9-17-7-10-18(11-8-17)21-15(3)23/h1,5-13H,2-3H3,(H,21,23)(H,22,24). The largest absolute Gasteiger partial charge is 0.326 e. The Morgan fingerprint density at radius 3 is 2.42 bits per heavy atom. The van der Waals surface area contributed by atoms with Gasteiger partial charge in [0.2, 0.25) is 11.8 Å². The van der Waals surface area contributed by atoms with E-state index in [0.717, 1.165) is 11.1 Å². The van der Waals surface area contributed by atoms with E-state index in [1.165, 1.54) is 13.0 Å². The highest BCUT2D eigenvalue weighted by Gasteiger charge is 2.03. The van der Waals surface area contributed by atoms with E-state index in [0.29, 0.717) is 16.9 Å². The van der Waals surface area contributed by atoms with Gasteiger partial charge >= 0.3 is 0 Å². The van der Waals surface area contributed by atoms with Crippen LogP contribution in [0.5, 0.6) is 0 Å². The monoisotopic (exact) mass is 318 g/mol. The number of hydrogen-bond donors (Lipinski definition) is 2. The quantitative estimate of drug-likeness (QED) is 0.668. The highest BCUT2D eigenvalue weighted by Crippen LogP contribution is 2.17. The molecule has 4 heteroatoms. The second kappa shape index (κ2) is 7.80. The van der Waals surface area contributed by atoms with Gasteiger partial charge in [0.25, 0.3) is 0 Å². The first-order valence-electron chi connectivity index (χ1n) is 7.42. The number of aryl methyl sites for hydroxylation is 1. The van der Waals surface area contributed by atoms with Crippen molar-refractivity contribution in [2.45, 2.75) is 13.8 Å². The summed E-state index contributed by atoms with van der Waals surface area (Å²) < 4.78 is 0. The van der Waals surface area contributed by atoms with Crippen LogP contribution in [0.25, 0.3) is 6.08 Å². The number of rotatable bonds is 4. The molecule has 0 atom stereocenters. The van der Waals surface area contributed by atoms with Gasteiger partial charge in [-0.1, -0.05) is 24.1 Å². The predicted molar refractivity (Wildman–Crippen MR) is 97.5 cm³/mol. The molecule has 0 spiro atoms. The van der Waals surface area contributed by atoms with Crippen molar-refractivity contribution in [1.82, 2.24) is 0 Å². The first kappa shape index (κ1) is 17.0. The molecule has 0 fully saturated rings. The molecule has 2 amide bonds. The molecule has 0 radical (unpaired) electrons. The fourth-order valence-corrected chi connectivity index (χ4v) is 2.07. The number of anilines is 2. The Labute approximate surface area is 141 Å². The Bertz CT molecular complexity index is 828. The minimum absolute atomic E-state index is 0.123. The number of terminal acetylenes is 1. The van der Waals surface area contributed by atoms with Gasteiger partial charge in [0.05, 0.1) is 0 Å². The van der Waals surface area contributed by atoms with Crippen molar-refractivity contribution in [3.63, 3.8) is 0 Å². The minimum Gasteiger partial charge on any atom is -0.326 e. The van der Waals surface area contributed by atoms with Crippen molar-refractivity contribution < 1.29 is 9.59 Å². The predicted octanol–water partition coefficient (Wildman–Crippen LogP) is 3.59. The van der Waals surface area contributed by atoms with Crippen LogP contribution in [0.3, 0.4) is 0 Å². The molecule has 0 saturated heterocycles. The number of benzene rings is 2. The summed E-state index contributed by atoms with van der Waals surface area (Å²) in [6.07, 6.45) is 8.53. The second-order valence-corrected chi connectivity index (χ2v) is 5.30. The topological polar surface area (TPSA) is 58.2 Å². The van der Waals surface area contributed by atoms with E-state index in [9.17, 15) is 9.59 Å². The molecular weight excluding hydrogens is 300 g/mol. The maximum Gasteiger partial charge on any atom is 0.248 e. The van der Waals surface area contributed by atoms with Crippen LogP contribution in [0.4, 0.5) is 11.4 Å². The summed E-state index contributed by atoms with van der Waals surface area (Å²) in [6.45, 7) is 3.36. The van der Waals surface area contributed by atoms with Crippen LogP contribution in [-0.2, 0) is 9.59 Å². The van der Waals surface area contributed by atoms with Crippen molar-refractivity contribution in [1.29, 1.82) is 0 Å². The van der Waals surface area contributed by atoms with Crippen molar-refractivity contribution in [3.8, 4) is 12.3 Å². The molecule has 2 aromatic carbocycles. The fourth-order valence-electron chi connectivity index (χ4n) is 2.07. The van der Waals surface area contributed by atoms with Gasteiger partial charge in [0, 0.05) is 29.9 Å². The summed E-state index contributed by atoms with van der Waals surface area (Å²) in [6, 6.07) is 12.7. The van der Waals surface area contributed by atoms with Crippen LogP contribution in [0.1, 0.15) is 23.6 Å². The van der Waals surface area contributed by atoms with Gasteiger partial charge in [-0.05, 0) is 48.4 Å². The molecule has 0 heterocycles. The summed E-state index contributed by atoms with van der Waals surface area (Å²) in [7, 11) is 0. The van der Waals surface area contributed by atoms with Crippen LogP contribution in [0.15, 0.2) is 48.5 Å². The van der Waals surface area contributed by atoms with E-state index < -0.39 is 0 Å². The Hall–Kier alpha value is -3.32. The summed E-state index contributed by atoms with van der Waals surface area (Å²) in [5, 5.41) is 5.50. The fraction of sp³-hybridized carbons (Fsp3) is 0.100. The van der Waals surface area contributed by atoms with Gasteiger partial charge in [-0.3, -0.25) is 9.59 Å². The van der Waals surface area contributed by atoms with Crippen LogP contribution < -0.4 is 10.6 Å². The van der Waals surface area contributed by atoms with Crippen molar-refractivity contribution in [3.05, 3.63) is 65.2 Å². The zero-order chi connectivity index (χ0) is 17.5. The van der Waals surface area contributed by atoms with E-state index in [-0.39, 0.29) is 11.8 Å². The molecule has 24 heavy (non-hydrogen) atoms. The number of hydrogen-bond acceptors (Lipinski definition) is 2. The Morgan fingerprint density at radius 2 is 1.79 bits per heavy atom. The average molecular weight is 318 g/mol. The van der Waals surface area contributed by atoms with Gasteiger partial charge < -0.3 is 10.6 Å². The first-order valence-corrected chi connectivity index (χ1v) is 7.42. The van der Waals surface area contributed by atoms with Crippen LogP contribution in [-0.4, -0.2) is 11.8 Å². The minimum atomic E-state index is -0.238. The average Bonchev–Trinajstić information content (AvgIpc) is 2.56. The molecular formula is C20H18N2O2. The smallest absolute Gasteiger partial charge is 0.248 e. The third kappa shape index (κ3) is 4.85. The lowest BCUT2D eigenvalue weighted by atomic mass is 10.1. The Morgan fingerprint density at radius 1 is 1.08 bits per heavy atom. The lowest BCUT2D eigenvalue weighted by Crippen LogP contribution is -2.09. The summed E-state index contributed by atoms with van der Waals surface area (Å²) in [5.41, 5.74) is 3.92. The molecule has 0 unspecified atom stereocenters. The van der Waals surface area contributed by atoms with Crippen molar-refractivity contribution in [2.24, 2.45) is 0 Å². The number of nitrogens with one attached hydrogen (secondary N) is 2. The van der Waals surface area contributed by atoms with Gasteiger partial charge in [-0.15, -0.1) is 6.42 Å². The maximum atomic E-state index is 12.0. The molecule has 0 aliphatic heterocycles.